The van der Waals surface area contributed by atoms with Gasteiger partial charge in [0.05, 0.1) is 22.4 Å². The van der Waals surface area contributed by atoms with E-state index in [4.69, 9.17) is 4.74 Å². The molecule has 0 aliphatic heterocycles. The van der Waals surface area contributed by atoms with E-state index in [2.05, 4.69) is 34.6 Å². The van der Waals surface area contributed by atoms with Crippen LogP contribution < -0.4 is 0 Å². The molecule has 0 bridgehead atoms. The second kappa shape index (κ2) is 4.06. The SMILES string of the molecule is COC[C@H](C)n1cc(I)cn1. The fraction of sp³-hybridized carbons (Fsp3) is 0.571. The lowest BCUT2D eigenvalue weighted by molar-refractivity contribution is 0.157. The lowest BCUT2D eigenvalue weighted by atomic mass is 10.4. The third-order valence-electron chi connectivity index (χ3n) is 1.43. The van der Waals surface area contributed by atoms with E-state index < -0.39 is 0 Å². The van der Waals surface area contributed by atoms with Crippen molar-refractivity contribution in [3.63, 3.8) is 0 Å². The summed E-state index contributed by atoms with van der Waals surface area (Å²) in [4.78, 5) is 0. The zero-order chi connectivity index (χ0) is 8.27. The minimum atomic E-state index is 0.323. The van der Waals surface area contributed by atoms with Crippen molar-refractivity contribution in [3.8, 4) is 0 Å². The van der Waals surface area contributed by atoms with E-state index in [-0.39, 0.29) is 0 Å². The smallest absolute Gasteiger partial charge is 0.0724 e. The van der Waals surface area contributed by atoms with Crippen molar-refractivity contribution in [2.75, 3.05) is 13.7 Å². The van der Waals surface area contributed by atoms with Crippen LogP contribution >= 0.6 is 22.6 Å². The summed E-state index contributed by atoms with van der Waals surface area (Å²) in [6, 6.07) is 0.323. The molecule has 1 rings (SSSR count). The van der Waals surface area contributed by atoms with Gasteiger partial charge >= 0.3 is 0 Å². The predicted molar refractivity (Wildman–Crippen MR) is 51.5 cm³/mol. The third-order valence-corrected chi connectivity index (χ3v) is 1.99. The molecule has 1 aromatic rings. The van der Waals surface area contributed by atoms with Crippen LogP contribution in [-0.4, -0.2) is 23.5 Å². The topological polar surface area (TPSA) is 27.1 Å². The Morgan fingerprint density at radius 3 is 3.00 bits per heavy atom. The second-order valence-electron chi connectivity index (χ2n) is 2.44. The van der Waals surface area contributed by atoms with Crippen LogP contribution in [0.4, 0.5) is 0 Å². The highest BCUT2D eigenvalue weighted by atomic mass is 127. The minimum Gasteiger partial charge on any atom is -0.382 e. The standard InChI is InChI=1S/C7H11IN2O/c1-6(5-11-2)10-4-7(8)3-9-10/h3-4,6H,5H2,1-2H3/t6-/m0/s1. The summed E-state index contributed by atoms with van der Waals surface area (Å²) in [7, 11) is 1.70. The summed E-state index contributed by atoms with van der Waals surface area (Å²) in [5.74, 6) is 0. The zero-order valence-electron chi connectivity index (χ0n) is 6.62. The van der Waals surface area contributed by atoms with E-state index in [9.17, 15) is 0 Å². The molecule has 4 heteroatoms. The maximum atomic E-state index is 5.00. The number of ether oxygens (including phenoxy) is 1. The molecule has 1 atom stereocenters. The van der Waals surface area contributed by atoms with E-state index in [0.29, 0.717) is 12.6 Å². The molecule has 1 heterocycles. The molecular formula is C7H11IN2O. The van der Waals surface area contributed by atoms with Gasteiger partial charge in [0.15, 0.2) is 0 Å². The van der Waals surface area contributed by atoms with Gasteiger partial charge in [-0.05, 0) is 29.5 Å². The van der Waals surface area contributed by atoms with E-state index in [1.165, 1.54) is 0 Å². The van der Waals surface area contributed by atoms with Gasteiger partial charge in [0.25, 0.3) is 0 Å². The first-order valence-corrected chi connectivity index (χ1v) is 4.50. The van der Waals surface area contributed by atoms with Crippen molar-refractivity contribution in [1.29, 1.82) is 0 Å². The first-order chi connectivity index (χ1) is 5.24. The highest BCUT2D eigenvalue weighted by Crippen LogP contribution is 2.07. The summed E-state index contributed by atoms with van der Waals surface area (Å²) in [5.41, 5.74) is 0. The predicted octanol–water partition coefficient (Wildman–Crippen LogP) is 1.70. The van der Waals surface area contributed by atoms with Gasteiger partial charge in [-0.3, -0.25) is 4.68 Å². The fourth-order valence-electron chi connectivity index (χ4n) is 0.873. The molecule has 0 aromatic carbocycles. The van der Waals surface area contributed by atoms with E-state index in [1.807, 2.05) is 17.1 Å². The number of hydrogen-bond donors (Lipinski definition) is 0. The van der Waals surface area contributed by atoms with Gasteiger partial charge < -0.3 is 4.74 Å². The first-order valence-electron chi connectivity index (χ1n) is 3.42. The quantitative estimate of drug-likeness (QED) is 0.778. The van der Waals surface area contributed by atoms with Crippen LogP contribution in [0.3, 0.4) is 0 Å². The van der Waals surface area contributed by atoms with Gasteiger partial charge in [0.2, 0.25) is 0 Å². The van der Waals surface area contributed by atoms with Gasteiger partial charge in [-0.1, -0.05) is 0 Å². The Morgan fingerprint density at radius 2 is 2.55 bits per heavy atom. The second-order valence-corrected chi connectivity index (χ2v) is 3.69. The molecule has 3 nitrogen and oxygen atoms in total. The summed E-state index contributed by atoms with van der Waals surface area (Å²) in [6.07, 6.45) is 3.84. The molecule has 0 N–H and O–H groups in total. The number of aromatic nitrogens is 2. The van der Waals surface area contributed by atoms with Crippen molar-refractivity contribution in [3.05, 3.63) is 16.0 Å². The molecular weight excluding hydrogens is 255 g/mol. The molecule has 0 aliphatic rings. The van der Waals surface area contributed by atoms with E-state index in [1.54, 1.807) is 7.11 Å². The number of hydrogen-bond acceptors (Lipinski definition) is 2. The Morgan fingerprint density at radius 1 is 1.82 bits per heavy atom. The van der Waals surface area contributed by atoms with Crippen molar-refractivity contribution in [2.45, 2.75) is 13.0 Å². The molecule has 62 valence electrons. The maximum Gasteiger partial charge on any atom is 0.0724 e. The van der Waals surface area contributed by atoms with Gasteiger partial charge in [0.1, 0.15) is 0 Å². The highest BCUT2D eigenvalue weighted by Gasteiger charge is 2.03. The molecule has 0 saturated carbocycles. The highest BCUT2D eigenvalue weighted by molar-refractivity contribution is 14.1. The van der Waals surface area contributed by atoms with Gasteiger partial charge in [-0.15, -0.1) is 0 Å². The van der Waals surface area contributed by atoms with Gasteiger partial charge in [-0.25, -0.2) is 0 Å². The fourth-order valence-corrected chi connectivity index (χ4v) is 1.28. The normalized spacial score (nSPS) is 13.4. The molecule has 0 amide bonds. The molecule has 0 aliphatic carbocycles. The summed E-state index contributed by atoms with van der Waals surface area (Å²) >= 11 is 2.24. The van der Waals surface area contributed by atoms with Crippen LogP contribution in [0.25, 0.3) is 0 Å². The van der Waals surface area contributed by atoms with Crippen molar-refractivity contribution < 1.29 is 4.74 Å². The molecule has 11 heavy (non-hydrogen) atoms. The Hall–Kier alpha value is -0.100. The Balaban J connectivity index is 2.60. The minimum absolute atomic E-state index is 0.323. The third kappa shape index (κ3) is 2.44. The zero-order valence-corrected chi connectivity index (χ0v) is 8.78. The van der Waals surface area contributed by atoms with Crippen LogP contribution in [0.15, 0.2) is 12.4 Å². The van der Waals surface area contributed by atoms with Crippen molar-refractivity contribution >= 4 is 22.6 Å². The van der Waals surface area contributed by atoms with Crippen LogP contribution in [0.5, 0.6) is 0 Å². The summed E-state index contributed by atoms with van der Waals surface area (Å²) in [6.45, 7) is 2.78. The average molecular weight is 266 g/mol. The lowest BCUT2D eigenvalue weighted by Crippen LogP contribution is -2.11. The Labute approximate surface area is 79.9 Å². The first kappa shape index (κ1) is 8.99. The largest absolute Gasteiger partial charge is 0.382 e. The van der Waals surface area contributed by atoms with Crippen molar-refractivity contribution in [2.24, 2.45) is 0 Å². The molecule has 0 unspecified atom stereocenters. The molecule has 0 radical (unpaired) electrons. The summed E-state index contributed by atoms with van der Waals surface area (Å²) < 4.78 is 8.07. The average Bonchev–Trinajstić information content (AvgIpc) is 2.36. The van der Waals surface area contributed by atoms with Gasteiger partial charge in [-0.2, -0.15) is 5.10 Å². The van der Waals surface area contributed by atoms with Crippen LogP contribution in [0, 0.1) is 3.57 Å². The maximum absolute atomic E-state index is 5.00. The molecule has 0 spiro atoms. The molecule has 1 aromatic heterocycles. The number of nitrogens with zero attached hydrogens (tertiary/aromatic N) is 2. The molecule has 0 saturated heterocycles. The number of halogens is 1. The molecule has 0 fully saturated rings. The number of rotatable bonds is 3. The van der Waals surface area contributed by atoms with Gasteiger partial charge in [0, 0.05) is 13.3 Å². The Kier molecular flexibility index (Phi) is 3.32. The van der Waals surface area contributed by atoms with Crippen LogP contribution in [0.1, 0.15) is 13.0 Å². The Bertz CT molecular complexity index is 224. The monoisotopic (exact) mass is 266 g/mol. The van der Waals surface area contributed by atoms with Crippen LogP contribution in [-0.2, 0) is 4.74 Å². The lowest BCUT2D eigenvalue weighted by Gasteiger charge is -2.09. The van der Waals surface area contributed by atoms with E-state index >= 15 is 0 Å². The van der Waals surface area contributed by atoms with Crippen LogP contribution in [0.2, 0.25) is 0 Å². The van der Waals surface area contributed by atoms with E-state index in [0.717, 1.165) is 3.57 Å². The number of methoxy groups -OCH3 is 1. The summed E-state index contributed by atoms with van der Waals surface area (Å²) in [5, 5.41) is 4.16. The van der Waals surface area contributed by atoms with Crippen molar-refractivity contribution in [1.82, 2.24) is 9.78 Å².